The molecular formula is C16H19ClNO+. The Labute approximate surface area is 119 Å². The highest BCUT2D eigenvalue weighted by molar-refractivity contribution is 6.31. The molecule has 0 unspecified atom stereocenters. The summed E-state index contributed by atoms with van der Waals surface area (Å²) in [6.45, 7) is 4.66. The third-order valence-electron chi connectivity index (χ3n) is 2.97. The van der Waals surface area contributed by atoms with Crippen LogP contribution in [0.3, 0.4) is 0 Å². The average molecular weight is 277 g/mol. The first kappa shape index (κ1) is 13.9. The molecule has 2 aromatic rings. The van der Waals surface area contributed by atoms with Crippen molar-refractivity contribution in [1.82, 2.24) is 0 Å². The highest BCUT2D eigenvalue weighted by Crippen LogP contribution is 2.21. The molecule has 100 valence electrons. The Hall–Kier alpha value is -1.51. The monoisotopic (exact) mass is 276 g/mol. The average Bonchev–Trinajstić information content (AvgIpc) is 2.45. The number of hydrogen-bond acceptors (Lipinski definition) is 1. The standard InChI is InChI=1S/C16H18ClNO/c1-2-18-11-13-7-4-6-10-16(13)19-12-14-8-3-5-9-15(14)17/h3-10,18H,2,11-12H2,1H3/p+1. The second-order valence-corrected chi connectivity index (χ2v) is 4.80. The second-order valence-electron chi connectivity index (χ2n) is 4.39. The van der Waals surface area contributed by atoms with Crippen LogP contribution in [0.2, 0.25) is 5.02 Å². The number of quaternary nitrogens is 1. The summed E-state index contributed by atoms with van der Waals surface area (Å²) in [6.07, 6.45) is 0. The normalized spacial score (nSPS) is 10.4. The Morgan fingerprint density at radius 1 is 1.00 bits per heavy atom. The fraction of sp³-hybridized carbons (Fsp3) is 0.250. The molecule has 0 aliphatic rings. The van der Waals surface area contributed by atoms with E-state index in [0.29, 0.717) is 6.61 Å². The van der Waals surface area contributed by atoms with Crippen LogP contribution in [0.1, 0.15) is 18.1 Å². The van der Waals surface area contributed by atoms with Crippen molar-refractivity contribution in [1.29, 1.82) is 0 Å². The van der Waals surface area contributed by atoms with E-state index in [1.54, 1.807) is 0 Å². The lowest BCUT2D eigenvalue weighted by Gasteiger charge is -2.11. The van der Waals surface area contributed by atoms with Crippen LogP contribution in [0.25, 0.3) is 0 Å². The van der Waals surface area contributed by atoms with E-state index in [4.69, 9.17) is 16.3 Å². The number of rotatable bonds is 6. The van der Waals surface area contributed by atoms with Gasteiger partial charge < -0.3 is 10.1 Å². The SMILES string of the molecule is CC[NH2+]Cc1ccccc1OCc1ccccc1Cl. The Kier molecular flexibility index (Phi) is 5.25. The third-order valence-corrected chi connectivity index (χ3v) is 3.34. The van der Waals surface area contributed by atoms with Gasteiger partial charge in [0.1, 0.15) is 18.9 Å². The minimum atomic E-state index is 0.503. The maximum absolute atomic E-state index is 6.13. The maximum Gasteiger partial charge on any atom is 0.128 e. The zero-order valence-electron chi connectivity index (χ0n) is 11.1. The fourth-order valence-corrected chi connectivity index (χ4v) is 2.07. The van der Waals surface area contributed by atoms with E-state index in [2.05, 4.69) is 18.3 Å². The number of nitrogens with two attached hydrogens (primary N) is 1. The molecule has 0 saturated heterocycles. The van der Waals surface area contributed by atoms with Crippen molar-refractivity contribution in [3.8, 4) is 5.75 Å². The molecule has 0 aliphatic heterocycles. The van der Waals surface area contributed by atoms with Crippen molar-refractivity contribution in [3.05, 3.63) is 64.7 Å². The summed E-state index contributed by atoms with van der Waals surface area (Å²) in [6, 6.07) is 15.9. The third kappa shape index (κ3) is 3.98. The molecule has 0 fully saturated rings. The largest absolute Gasteiger partial charge is 0.488 e. The molecule has 0 saturated carbocycles. The summed E-state index contributed by atoms with van der Waals surface area (Å²) in [5.41, 5.74) is 2.23. The second kappa shape index (κ2) is 7.17. The highest BCUT2D eigenvalue weighted by atomic mass is 35.5. The van der Waals surface area contributed by atoms with Gasteiger partial charge in [0, 0.05) is 16.1 Å². The molecule has 19 heavy (non-hydrogen) atoms. The first-order valence-corrected chi connectivity index (χ1v) is 6.95. The van der Waals surface area contributed by atoms with Crippen molar-refractivity contribution in [3.63, 3.8) is 0 Å². The van der Waals surface area contributed by atoms with E-state index in [1.807, 2.05) is 42.5 Å². The van der Waals surface area contributed by atoms with Crippen LogP contribution in [-0.2, 0) is 13.2 Å². The minimum absolute atomic E-state index is 0.503. The zero-order valence-corrected chi connectivity index (χ0v) is 11.9. The summed E-state index contributed by atoms with van der Waals surface area (Å²) in [5, 5.41) is 3.00. The molecule has 0 radical (unpaired) electrons. The Balaban J connectivity index is 2.05. The van der Waals surface area contributed by atoms with Crippen molar-refractivity contribution in [2.24, 2.45) is 0 Å². The molecule has 0 heterocycles. The summed E-state index contributed by atoms with van der Waals surface area (Å²) in [7, 11) is 0. The van der Waals surface area contributed by atoms with Gasteiger partial charge in [0.05, 0.1) is 6.54 Å². The lowest BCUT2D eigenvalue weighted by atomic mass is 10.2. The number of ether oxygens (including phenoxy) is 1. The first-order valence-electron chi connectivity index (χ1n) is 6.57. The molecule has 3 heteroatoms. The highest BCUT2D eigenvalue weighted by Gasteiger charge is 2.05. The molecule has 2 nitrogen and oxygen atoms in total. The Bertz CT molecular complexity index is 528. The van der Waals surface area contributed by atoms with E-state index in [1.165, 1.54) is 5.56 Å². The molecule has 0 bridgehead atoms. The lowest BCUT2D eigenvalue weighted by Crippen LogP contribution is -2.81. The summed E-state index contributed by atoms with van der Waals surface area (Å²) >= 11 is 6.13. The van der Waals surface area contributed by atoms with Gasteiger partial charge in [-0.25, -0.2) is 0 Å². The van der Waals surface area contributed by atoms with Crippen molar-refractivity contribution in [2.45, 2.75) is 20.1 Å². The van der Waals surface area contributed by atoms with Crippen LogP contribution in [0.5, 0.6) is 5.75 Å². The van der Waals surface area contributed by atoms with Gasteiger partial charge in [0.2, 0.25) is 0 Å². The van der Waals surface area contributed by atoms with E-state index in [9.17, 15) is 0 Å². The van der Waals surface area contributed by atoms with Crippen LogP contribution in [0.15, 0.2) is 48.5 Å². The van der Waals surface area contributed by atoms with Gasteiger partial charge in [0.15, 0.2) is 0 Å². The van der Waals surface area contributed by atoms with Gasteiger partial charge in [-0.15, -0.1) is 0 Å². The fourth-order valence-electron chi connectivity index (χ4n) is 1.88. The molecule has 0 aliphatic carbocycles. The number of para-hydroxylation sites is 1. The van der Waals surface area contributed by atoms with Gasteiger partial charge in [-0.3, -0.25) is 0 Å². The van der Waals surface area contributed by atoms with Gasteiger partial charge in [-0.05, 0) is 25.1 Å². The number of halogens is 1. The van der Waals surface area contributed by atoms with E-state index in [-0.39, 0.29) is 0 Å². The van der Waals surface area contributed by atoms with Crippen LogP contribution < -0.4 is 10.1 Å². The van der Waals surface area contributed by atoms with Gasteiger partial charge in [-0.1, -0.05) is 41.9 Å². The number of hydrogen-bond donors (Lipinski definition) is 1. The predicted molar refractivity (Wildman–Crippen MR) is 78.4 cm³/mol. The van der Waals surface area contributed by atoms with Gasteiger partial charge in [0.25, 0.3) is 0 Å². The Morgan fingerprint density at radius 2 is 1.68 bits per heavy atom. The molecule has 2 aromatic carbocycles. The minimum Gasteiger partial charge on any atom is -0.488 e. The Morgan fingerprint density at radius 3 is 2.42 bits per heavy atom. The smallest absolute Gasteiger partial charge is 0.128 e. The van der Waals surface area contributed by atoms with Crippen molar-refractivity contribution >= 4 is 11.6 Å². The molecular weight excluding hydrogens is 258 g/mol. The van der Waals surface area contributed by atoms with E-state index >= 15 is 0 Å². The van der Waals surface area contributed by atoms with Gasteiger partial charge >= 0.3 is 0 Å². The summed E-state index contributed by atoms with van der Waals surface area (Å²) in [4.78, 5) is 0. The first-order chi connectivity index (χ1) is 9.31. The van der Waals surface area contributed by atoms with Crippen molar-refractivity contribution in [2.75, 3.05) is 6.54 Å². The molecule has 0 aromatic heterocycles. The molecule has 0 spiro atoms. The summed E-state index contributed by atoms with van der Waals surface area (Å²) < 4.78 is 5.90. The quantitative estimate of drug-likeness (QED) is 0.862. The van der Waals surface area contributed by atoms with Crippen LogP contribution >= 0.6 is 11.6 Å². The summed E-state index contributed by atoms with van der Waals surface area (Å²) in [5.74, 6) is 0.937. The molecule has 2 N–H and O–H groups in total. The topological polar surface area (TPSA) is 25.8 Å². The lowest BCUT2D eigenvalue weighted by molar-refractivity contribution is -0.667. The molecule has 0 amide bonds. The van der Waals surface area contributed by atoms with Crippen LogP contribution in [0, 0.1) is 0 Å². The zero-order chi connectivity index (χ0) is 13.5. The van der Waals surface area contributed by atoms with Crippen LogP contribution in [-0.4, -0.2) is 6.54 Å². The maximum atomic E-state index is 6.13. The molecule has 0 atom stereocenters. The number of benzene rings is 2. The molecule has 2 rings (SSSR count). The van der Waals surface area contributed by atoms with E-state index < -0.39 is 0 Å². The predicted octanol–water partition coefficient (Wildman–Crippen LogP) is 3.00. The van der Waals surface area contributed by atoms with Gasteiger partial charge in [-0.2, -0.15) is 0 Å². The van der Waals surface area contributed by atoms with Crippen molar-refractivity contribution < 1.29 is 10.1 Å². The van der Waals surface area contributed by atoms with E-state index in [0.717, 1.165) is 29.4 Å². The van der Waals surface area contributed by atoms with Crippen LogP contribution in [0.4, 0.5) is 0 Å².